The average molecular weight is 290 g/mol. The second kappa shape index (κ2) is 6.51. The number of nitrogens with one attached hydrogen (secondary N) is 2. The highest BCUT2D eigenvalue weighted by Crippen LogP contribution is 2.14. The number of benzene rings is 1. The highest BCUT2D eigenvalue weighted by atomic mass is 16.4. The number of rotatable bonds is 6. The SMILES string of the molecule is Cc1nnc(CNC(=O)c2ccccc2NCC(=O)O)o1. The Balaban J connectivity index is 2.02. The van der Waals surface area contributed by atoms with Gasteiger partial charge in [0.1, 0.15) is 6.54 Å². The number of carbonyl (C=O) groups is 2. The lowest BCUT2D eigenvalue weighted by Crippen LogP contribution is -2.24. The molecule has 0 saturated heterocycles. The molecular weight excluding hydrogens is 276 g/mol. The molecule has 1 heterocycles. The molecular formula is C13H14N4O4. The van der Waals surface area contributed by atoms with Crippen LogP contribution in [0.25, 0.3) is 0 Å². The molecule has 0 fully saturated rings. The Hall–Kier alpha value is -2.90. The summed E-state index contributed by atoms with van der Waals surface area (Å²) in [6.07, 6.45) is 0. The second-order valence-corrected chi connectivity index (χ2v) is 4.19. The molecule has 110 valence electrons. The largest absolute Gasteiger partial charge is 0.480 e. The van der Waals surface area contributed by atoms with Gasteiger partial charge in [-0.1, -0.05) is 12.1 Å². The molecule has 8 heteroatoms. The number of hydrogen-bond donors (Lipinski definition) is 3. The zero-order chi connectivity index (χ0) is 15.2. The van der Waals surface area contributed by atoms with Gasteiger partial charge in [-0.2, -0.15) is 0 Å². The minimum absolute atomic E-state index is 0.104. The average Bonchev–Trinajstić information content (AvgIpc) is 2.88. The van der Waals surface area contributed by atoms with Gasteiger partial charge in [-0.05, 0) is 12.1 Å². The first-order valence-corrected chi connectivity index (χ1v) is 6.18. The second-order valence-electron chi connectivity index (χ2n) is 4.19. The summed E-state index contributed by atoms with van der Waals surface area (Å²) in [6.45, 7) is 1.49. The maximum absolute atomic E-state index is 12.1. The van der Waals surface area contributed by atoms with Gasteiger partial charge < -0.3 is 20.2 Å². The predicted molar refractivity (Wildman–Crippen MR) is 72.8 cm³/mol. The first kappa shape index (κ1) is 14.5. The highest BCUT2D eigenvalue weighted by molar-refractivity contribution is 5.99. The van der Waals surface area contributed by atoms with Gasteiger partial charge in [0.25, 0.3) is 5.91 Å². The van der Waals surface area contributed by atoms with Crippen molar-refractivity contribution in [1.29, 1.82) is 0 Å². The Bertz CT molecular complexity index is 653. The maximum Gasteiger partial charge on any atom is 0.322 e. The van der Waals surface area contributed by atoms with Crippen LogP contribution in [0.1, 0.15) is 22.1 Å². The normalized spacial score (nSPS) is 10.1. The van der Waals surface area contributed by atoms with Crippen molar-refractivity contribution in [2.45, 2.75) is 13.5 Å². The van der Waals surface area contributed by atoms with Crippen molar-refractivity contribution in [3.63, 3.8) is 0 Å². The zero-order valence-electron chi connectivity index (χ0n) is 11.3. The Kier molecular flexibility index (Phi) is 4.50. The molecule has 0 spiro atoms. The van der Waals surface area contributed by atoms with Gasteiger partial charge in [0, 0.05) is 12.6 Å². The lowest BCUT2D eigenvalue weighted by atomic mass is 10.1. The summed E-state index contributed by atoms with van der Waals surface area (Å²) in [5.74, 6) is -0.648. The molecule has 8 nitrogen and oxygen atoms in total. The number of nitrogens with zero attached hydrogens (tertiary/aromatic N) is 2. The molecule has 2 aromatic rings. The number of amides is 1. The van der Waals surface area contributed by atoms with Crippen LogP contribution in [-0.4, -0.2) is 33.7 Å². The van der Waals surface area contributed by atoms with E-state index in [0.717, 1.165) is 0 Å². The van der Waals surface area contributed by atoms with Crippen molar-refractivity contribution in [2.24, 2.45) is 0 Å². The number of carbonyl (C=O) groups excluding carboxylic acids is 1. The van der Waals surface area contributed by atoms with E-state index in [2.05, 4.69) is 20.8 Å². The van der Waals surface area contributed by atoms with Crippen molar-refractivity contribution in [3.8, 4) is 0 Å². The van der Waals surface area contributed by atoms with E-state index in [4.69, 9.17) is 9.52 Å². The molecule has 0 saturated carbocycles. The van der Waals surface area contributed by atoms with Crippen molar-refractivity contribution in [2.75, 3.05) is 11.9 Å². The lowest BCUT2D eigenvalue weighted by Gasteiger charge is -2.10. The van der Waals surface area contributed by atoms with Gasteiger partial charge in [-0.15, -0.1) is 10.2 Å². The number of hydrogen-bond acceptors (Lipinski definition) is 6. The molecule has 1 aromatic carbocycles. The molecule has 0 atom stereocenters. The van der Waals surface area contributed by atoms with E-state index in [1.807, 2.05) is 0 Å². The van der Waals surface area contributed by atoms with E-state index in [1.165, 1.54) is 0 Å². The molecule has 1 amide bonds. The summed E-state index contributed by atoms with van der Waals surface area (Å²) in [4.78, 5) is 22.7. The van der Waals surface area contributed by atoms with Crippen molar-refractivity contribution >= 4 is 17.6 Å². The number of carboxylic acids is 1. The van der Waals surface area contributed by atoms with Crippen LogP contribution < -0.4 is 10.6 Å². The predicted octanol–water partition coefficient (Wildman–Crippen LogP) is 0.805. The monoisotopic (exact) mass is 290 g/mol. The summed E-state index contributed by atoms with van der Waals surface area (Å²) in [6, 6.07) is 6.63. The van der Waals surface area contributed by atoms with Crippen LogP contribution in [0.4, 0.5) is 5.69 Å². The van der Waals surface area contributed by atoms with E-state index in [9.17, 15) is 9.59 Å². The Morgan fingerprint density at radius 1 is 1.29 bits per heavy atom. The van der Waals surface area contributed by atoms with Crippen molar-refractivity contribution in [3.05, 3.63) is 41.6 Å². The fourth-order valence-corrected chi connectivity index (χ4v) is 1.67. The summed E-state index contributed by atoms with van der Waals surface area (Å²) in [5.41, 5.74) is 0.786. The van der Waals surface area contributed by atoms with Gasteiger partial charge in [-0.25, -0.2) is 0 Å². The molecule has 0 bridgehead atoms. The van der Waals surface area contributed by atoms with E-state index < -0.39 is 5.97 Å². The third-order valence-corrected chi connectivity index (χ3v) is 2.57. The van der Waals surface area contributed by atoms with E-state index in [-0.39, 0.29) is 19.0 Å². The summed E-state index contributed by atoms with van der Waals surface area (Å²) < 4.78 is 5.15. The minimum atomic E-state index is -1.01. The third kappa shape index (κ3) is 4.03. The number of carboxylic acid groups (broad SMARTS) is 1. The van der Waals surface area contributed by atoms with Crippen LogP contribution in [0.2, 0.25) is 0 Å². The van der Waals surface area contributed by atoms with Gasteiger partial charge in [0.2, 0.25) is 11.8 Å². The first-order chi connectivity index (χ1) is 10.1. The van der Waals surface area contributed by atoms with Gasteiger partial charge in [0.15, 0.2) is 0 Å². The van der Waals surface area contributed by atoms with Gasteiger partial charge >= 0.3 is 5.97 Å². The fourth-order valence-electron chi connectivity index (χ4n) is 1.67. The smallest absolute Gasteiger partial charge is 0.322 e. The van der Waals surface area contributed by atoms with E-state index in [1.54, 1.807) is 31.2 Å². The Morgan fingerprint density at radius 3 is 2.71 bits per heavy atom. The van der Waals surface area contributed by atoms with Crippen LogP contribution in [0, 0.1) is 6.92 Å². The van der Waals surface area contributed by atoms with Crippen molar-refractivity contribution in [1.82, 2.24) is 15.5 Å². The minimum Gasteiger partial charge on any atom is -0.480 e. The lowest BCUT2D eigenvalue weighted by molar-refractivity contribution is -0.134. The molecule has 0 aliphatic carbocycles. The van der Waals surface area contributed by atoms with Gasteiger partial charge in [0.05, 0.1) is 12.1 Å². The van der Waals surface area contributed by atoms with E-state index >= 15 is 0 Å². The van der Waals surface area contributed by atoms with Crippen LogP contribution in [-0.2, 0) is 11.3 Å². The number of aromatic nitrogens is 2. The number of aryl methyl sites for hydroxylation is 1. The first-order valence-electron chi connectivity index (χ1n) is 6.18. The van der Waals surface area contributed by atoms with Gasteiger partial charge in [-0.3, -0.25) is 9.59 Å². The summed E-state index contributed by atoms with van der Waals surface area (Å²) in [7, 11) is 0. The fraction of sp³-hybridized carbons (Fsp3) is 0.231. The van der Waals surface area contributed by atoms with Crippen molar-refractivity contribution < 1.29 is 19.1 Å². The van der Waals surface area contributed by atoms with Crippen LogP contribution in [0.15, 0.2) is 28.7 Å². The molecule has 0 aliphatic rings. The summed E-state index contributed by atoms with van der Waals surface area (Å²) in [5, 5.41) is 21.4. The van der Waals surface area contributed by atoms with Crippen LogP contribution >= 0.6 is 0 Å². The quantitative estimate of drug-likeness (QED) is 0.720. The van der Waals surface area contributed by atoms with Crippen LogP contribution in [0.5, 0.6) is 0 Å². The number of para-hydroxylation sites is 1. The number of aliphatic carboxylic acids is 1. The Labute approximate surface area is 120 Å². The Morgan fingerprint density at radius 2 is 2.05 bits per heavy atom. The standard InChI is InChI=1S/C13H14N4O4/c1-8-16-17-11(21-8)6-15-13(20)9-4-2-3-5-10(9)14-7-12(18)19/h2-5,14H,6-7H2,1H3,(H,15,20)(H,18,19). The molecule has 3 N–H and O–H groups in total. The maximum atomic E-state index is 12.1. The molecule has 0 aliphatic heterocycles. The topological polar surface area (TPSA) is 117 Å². The van der Waals surface area contributed by atoms with Crippen LogP contribution in [0.3, 0.4) is 0 Å². The molecule has 1 aromatic heterocycles. The molecule has 2 rings (SSSR count). The zero-order valence-corrected chi connectivity index (χ0v) is 11.3. The molecule has 21 heavy (non-hydrogen) atoms. The molecule has 0 radical (unpaired) electrons. The summed E-state index contributed by atoms with van der Waals surface area (Å²) >= 11 is 0. The molecule has 0 unspecified atom stereocenters. The van der Waals surface area contributed by atoms with E-state index in [0.29, 0.717) is 23.0 Å². The number of anilines is 1. The highest BCUT2D eigenvalue weighted by Gasteiger charge is 2.12. The third-order valence-electron chi connectivity index (χ3n) is 2.57.